The van der Waals surface area contributed by atoms with Gasteiger partial charge in [0.15, 0.2) is 27.8 Å². The summed E-state index contributed by atoms with van der Waals surface area (Å²) in [5, 5.41) is 0.619. The summed E-state index contributed by atoms with van der Waals surface area (Å²) in [6.07, 6.45) is 1.78. The lowest BCUT2D eigenvalue weighted by atomic mass is 9.95. The SMILES string of the molecule is CCOC(=O)C1=C(C)N=c2sc(=Cc3cc(I)c(OCc4ccccc4Cl)c(OC)c3)c(=O)n2[C@H]1c1ccc2c(c1)OCO2. The summed E-state index contributed by atoms with van der Waals surface area (Å²) in [6.45, 7) is 4.05. The van der Waals surface area contributed by atoms with Crippen LogP contribution in [-0.4, -0.2) is 31.0 Å². The molecule has 226 valence electrons. The Morgan fingerprint density at radius 1 is 1.18 bits per heavy atom. The highest BCUT2D eigenvalue weighted by molar-refractivity contribution is 14.1. The molecule has 12 heteroatoms. The predicted octanol–water partition coefficient (Wildman–Crippen LogP) is 5.37. The summed E-state index contributed by atoms with van der Waals surface area (Å²) in [7, 11) is 1.57. The Morgan fingerprint density at radius 3 is 2.75 bits per heavy atom. The topological polar surface area (TPSA) is 97.6 Å². The first-order valence-corrected chi connectivity index (χ1v) is 15.9. The number of thiazole rings is 1. The number of allylic oxidation sites excluding steroid dienone is 1. The zero-order valence-corrected chi connectivity index (χ0v) is 27.6. The minimum Gasteiger partial charge on any atom is -0.493 e. The molecule has 2 aliphatic rings. The largest absolute Gasteiger partial charge is 0.493 e. The van der Waals surface area contributed by atoms with Gasteiger partial charge in [0.2, 0.25) is 6.79 Å². The Labute approximate surface area is 275 Å². The van der Waals surface area contributed by atoms with Gasteiger partial charge in [-0.25, -0.2) is 9.79 Å². The van der Waals surface area contributed by atoms with Crippen molar-refractivity contribution in [2.24, 2.45) is 4.99 Å². The smallest absolute Gasteiger partial charge is 0.338 e. The minimum atomic E-state index is -0.766. The molecule has 3 aromatic carbocycles. The van der Waals surface area contributed by atoms with Crippen LogP contribution in [0.2, 0.25) is 5.02 Å². The fourth-order valence-electron chi connectivity index (χ4n) is 5.07. The van der Waals surface area contributed by atoms with Crippen LogP contribution >= 0.6 is 45.5 Å². The van der Waals surface area contributed by atoms with Gasteiger partial charge in [-0.1, -0.05) is 47.2 Å². The van der Waals surface area contributed by atoms with Gasteiger partial charge in [0.1, 0.15) is 6.61 Å². The van der Waals surface area contributed by atoms with Gasteiger partial charge >= 0.3 is 5.97 Å². The number of ether oxygens (including phenoxy) is 5. The Bertz CT molecular complexity index is 2000. The lowest BCUT2D eigenvalue weighted by Gasteiger charge is -2.24. The molecule has 4 aromatic rings. The number of fused-ring (bicyclic) bond motifs is 2. The van der Waals surface area contributed by atoms with Crippen LogP contribution < -0.4 is 33.8 Å². The van der Waals surface area contributed by atoms with Crippen LogP contribution in [0.25, 0.3) is 6.08 Å². The molecule has 0 unspecified atom stereocenters. The van der Waals surface area contributed by atoms with Crippen molar-refractivity contribution >= 4 is 57.6 Å². The third-order valence-electron chi connectivity index (χ3n) is 7.11. The predicted molar refractivity (Wildman–Crippen MR) is 174 cm³/mol. The van der Waals surface area contributed by atoms with E-state index >= 15 is 0 Å². The van der Waals surface area contributed by atoms with Crippen molar-refractivity contribution in [2.75, 3.05) is 20.5 Å². The standard InChI is InChI=1S/C32H26ClIN2O7S/c1-4-40-31(38)27-17(2)35-32-36(28(27)19-9-10-23-24(14-19)43-16-42-23)30(37)26(44-32)13-18-11-22(34)29(25(12-18)39-3)41-15-20-7-5-6-8-21(20)33/h5-14,28H,4,15-16H2,1-3H3/t28-/m0/s1. The van der Waals surface area contributed by atoms with Crippen molar-refractivity contribution in [1.82, 2.24) is 4.57 Å². The normalized spacial score (nSPS) is 15.6. The summed E-state index contributed by atoms with van der Waals surface area (Å²) in [5.74, 6) is 1.70. The highest BCUT2D eigenvalue weighted by atomic mass is 127. The number of aromatic nitrogens is 1. The van der Waals surface area contributed by atoms with Gasteiger partial charge < -0.3 is 23.7 Å². The minimum absolute atomic E-state index is 0.104. The molecule has 0 aliphatic carbocycles. The molecule has 0 amide bonds. The van der Waals surface area contributed by atoms with Crippen LogP contribution in [-0.2, 0) is 16.1 Å². The Balaban J connectivity index is 1.42. The zero-order valence-electron chi connectivity index (χ0n) is 23.9. The molecule has 0 saturated carbocycles. The van der Waals surface area contributed by atoms with E-state index in [9.17, 15) is 9.59 Å². The first kappa shape index (κ1) is 30.2. The van der Waals surface area contributed by atoms with E-state index in [0.29, 0.717) is 54.2 Å². The third kappa shape index (κ3) is 5.71. The maximum Gasteiger partial charge on any atom is 0.338 e. The zero-order chi connectivity index (χ0) is 31.0. The number of halogens is 2. The van der Waals surface area contributed by atoms with Gasteiger partial charge in [-0.2, -0.15) is 0 Å². The van der Waals surface area contributed by atoms with Crippen molar-refractivity contribution in [1.29, 1.82) is 0 Å². The Morgan fingerprint density at radius 2 is 1.98 bits per heavy atom. The molecular weight excluding hydrogens is 719 g/mol. The van der Waals surface area contributed by atoms with E-state index in [2.05, 4.69) is 27.6 Å². The van der Waals surface area contributed by atoms with E-state index in [-0.39, 0.29) is 25.6 Å². The molecule has 9 nitrogen and oxygen atoms in total. The van der Waals surface area contributed by atoms with Crippen molar-refractivity contribution in [3.63, 3.8) is 0 Å². The molecular formula is C32H26ClIN2O7S. The average Bonchev–Trinajstić information content (AvgIpc) is 3.60. The quantitative estimate of drug-likeness (QED) is 0.177. The van der Waals surface area contributed by atoms with Crippen LogP contribution in [0.3, 0.4) is 0 Å². The van der Waals surface area contributed by atoms with E-state index in [0.717, 1.165) is 14.7 Å². The molecule has 1 atom stereocenters. The van der Waals surface area contributed by atoms with Gasteiger partial charge in [0.25, 0.3) is 5.56 Å². The lowest BCUT2D eigenvalue weighted by molar-refractivity contribution is -0.139. The molecule has 1 aromatic heterocycles. The fourth-order valence-corrected chi connectivity index (χ4v) is 7.09. The van der Waals surface area contributed by atoms with Gasteiger partial charge in [0.05, 0.1) is 39.1 Å². The number of benzene rings is 3. The van der Waals surface area contributed by atoms with Gasteiger partial charge in [0, 0.05) is 10.6 Å². The first-order valence-electron chi connectivity index (χ1n) is 13.6. The van der Waals surface area contributed by atoms with Crippen molar-refractivity contribution in [3.8, 4) is 23.0 Å². The molecule has 2 aliphatic heterocycles. The second-order valence-corrected chi connectivity index (χ2v) is 12.4. The van der Waals surface area contributed by atoms with Crippen molar-refractivity contribution < 1.29 is 28.5 Å². The molecule has 0 spiro atoms. The highest BCUT2D eigenvalue weighted by Crippen LogP contribution is 2.38. The number of carbonyl (C=O) groups is 1. The summed E-state index contributed by atoms with van der Waals surface area (Å²) >= 11 is 9.73. The fraction of sp³-hybridized carbons (Fsp3) is 0.219. The molecule has 3 heterocycles. The molecule has 0 saturated heterocycles. The molecule has 44 heavy (non-hydrogen) atoms. The van der Waals surface area contributed by atoms with Crippen LogP contribution in [0.1, 0.15) is 36.6 Å². The number of carbonyl (C=O) groups excluding carboxylic acids is 1. The van der Waals surface area contributed by atoms with Gasteiger partial charge in [-0.3, -0.25) is 9.36 Å². The number of hydrogen-bond donors (Lipinski definition) is 0. The van der Waals surface area contributed by atoms with Crippen LogP contribution in [0, 0.1) is 3.57 Å². The Kier molecular flexibility index (Phi) is 8.70. The number of methoxy groups -OCH3 is 1. The van der Waals surface area contributed by atoms with E-state index < -0.39 is 12.0 Å². The lowest BCUT2D eigenvalue weighted by Crippen LogP contribution is -2.39. The number of nitrogens with zero attached hydrogens (tertiary/aromatic N) is 2. The van der Waals surface area contributed by atoms with Crippen LogP contribution in [0.5, 0.6) is 23.0 Å². The second-order valence-electron chi connectivity index (χ2n) is 9.83. The van der Waals surface area contributed by atoms with E-state index in [1.165, 1.54) is 15.9 Å². The van der Waals surface area contributed by atoms with Crippen LogP contribution in [0.15, 0.2) is 75.7 Å². The maximum absolute atomic E-state index is 14.0. The monoisotopic (exact) mass is 744 g/mol. The maximum atomic E-state index is 14.0. The molecule has 0 radical (unpaired) electrons. The average molecular weight is 745 g/mol. The molecule has 0 bridgehead atoms. The van der Waals surface area contributed by atoms with Crippen LogP contribution in [0.4, 0.5) is 0 Å². The molecule has 0 fully saturated rings. The van der Waals surface area contributed by atoms with Gasteiger partial charge in [-0.05, 0) is 84.0 Å². The number of esters is 1. The van der Waals surface area contributed by atoms with E-state index in [1.807, 2.05) is 42.5 Å². The van der Waals surface area contributed by atoms with E-state index in [4.69, 9.17) is 35.3 Å². The number of rotatable bonds is 8. The second kappa shape index (κ2) is 12.7. The summed E-state index contributed by atoms with van der Waals surface area (Å²) in [5.41, 5.74) is 2.75. The molecule has 0 N–H and O–H groups in total. The summed E-state index contributed by atoms with van der Waals surface area (Å²) < 4.78 is 31.0. The Hall–Kier alpha value is -3.81. The summed E-state index contributed by atoms with van der Waals surface area (Å²) in [6, 6.07) is 15.8. The van der Waals surface area contributed by atoms with E-state index in [1.54, 1.807) is 39.2 Å². The van der Waals surface area contributed by atoms with Crippen molar-refractivity contribution in [3.05, 3.63) is 111 Å². The molecule has 6 rings (SSSR count). The number of hydrogen-bond acceptors (Lipinski definition) is 9. The summed E-state index contributed by atoms with van der Waals surface area (Å²) in [4.78, 5) is 32.4. The first-order chi connectivity index (χ1) is 21.3. The van der Waals surface area contributed by atoms with Crippen molar-refractivity contribution in [2.45, 2.75) is 26.5 Å². The van der Waals surface area contributed by atoms with Gasteiger partial charge in [-0.15, -0.1) is 0 Å². The highest BCUT2D eigenvalue weighted by Gasteiger charge is 2.34. The third-order valence-corrected chi connectivity index (χ3v) is 9.26.